The number of halogens is 1. The van der Waals surface area contributed by atoms with Crippen LogP contribution in [0.2, 0.25) is 5.02 Å². The van der Waals surface area contributed by atoms with E-state index in [2.05, 4.69) is 22.9 Å². The molecular formula is C16H26ClN3. The van der Waals surface area contributed by atoms with Crippen molar-refractivity contribution >= 4 is 17.3 Å². The molecule has 2 rings (SSSR count). The number of likely N-dealkylation sites (N-methyl/N-ethyl adjacent to an activating group) is 1. The van der Waals surface area contributed by atoms with Gasteiger partial charge >= 0.3 is 0 Å². The van der Waals surface area contributed by atoms with Gasteiger partial charge in [0, 0.05) is 26.2 Å². The third-order valence-corrected chi connectivity index (χ3v) is 4.25. The zero-order valence-corrected chi connectivity index (χ0v) is 13.4. The van der Waals surface area contributed by atoms with Crippen molar-refractivity contribution in [2.75, 3.05) is 38.1 Å². The second kappa shape index (κ2) is 7.30. The highest BCUT2D eigenvalue weighted by Gasteiger charge is 2.15. The van der Waals surface area contributed by atoms with E-state index in [-0.39, 0.29) is 6.04 Å². The maximum atomic E-state index is 6.41. The van der Waals surface area contributed by atoms with Crippen LogP contribution in [0.3, 0.4) is 0 Å². The molecule has 1 unspecified atom stereocenters. The number of likely N-dealkylation sites (tertiary alicyclic amines) is 1. The molecule has 1 heterocycles. The summed E-state index contributed by atoms with van der Waals surface area (Å²) in [5.74, 6) is 0. The zero-order chi connectivity index (χ0) is 14.5. The molecule has 112 valence electrons. The number of hydrogen-bond donors (Lipinski definition) is 1. The van der Waals surface area contributed by atoms with Crippen molar-refractivity contribution in [3.63, 3.8) is 0 Å². The van der Waals surface area contributed by atoms with E-state index in [0.717, 1.165) is 30.2 Å². The van der Waals surface area contributed by atoms with Crippen molar-refractivity contribution in [2.45, 2.75) is 32.2 Å². The Morgan fingerprint density at radius 2 is 2.05 bits per heavy atom. The van der Waals surface area contributed by atoms with E-state index in [4.69, 9.17) is 17.3 Å². The average molecular weight is 296 g/mol. The van der Waals surface area contributed by atoms with Gasteiger partial charge in [-0.3, -0.25) is 0 Å². The van der Waals surface area contributed by atoms with Crippen LogP contribution < -0.4 is 10.6 Å². The largest absolute Gasteiger partial charge is 0.372 e. The van der Waals surface area contributed by atoms with Gasteiger partial charge in [-0.15, -0.1) is 0 Å². The minimum absolute atomic E-state index is 0.152. The van der Waals surface area contributed by atoms with Crippen LogP contribution >= 0.6 is 11.6 Å². The maximum Gasteiger partial charge on any atom is 0.0642 e. The fraction of sp³-hybridized carbons (Fsp3) is 0.625. The Bertz CT molecular complexity index is 428. The Hall–Kier alpha value is -0.770. The molecule has 0 aromatic heterocycles. The van der Waals surface area contributed by atoms with Crippen LogP contribution in [0.4, 0.5) is 5.69 Å². The number of anilines is 1. The molecule has 1 aromatic rings. The summed E-state index contributed by atoms with van der Waals surface area (Å²) in [5, 5.41) is 0.826. The molecule has 1 atom stereocenters. The van der Waals surface area contributed by atoms with Crippen LogP contribution in [0.5, 0.6) is 0 Å². The number of benzene rings is 1. The molecule has 3 nitrogen and oxygen atoms in total. The van der Waals surface area contributed by atoms with E-state index in [1.807, 2.05) is 19.1 Å². The second-order valence-electron chi connectivity index (χ2n) is 5.90. The summed E-state index contributed by atoms with van der Waals surface area (Å²) >= 11 is 6.41. The molecule has 1 saturated heterocycles. The monoisotopic (exact) mass is 295 g/mol. The molecule has 0 bridgehead atoms. The van der Waals surface area contributed by atoms with E-state index in [1.54, 1.807) is 0 Å². The number of para-hydroxylation sites is 1. The first-order valence-corrected chi connectivity index (χ1v) is 7.92. The van der Waals surface area contributed by atoms with Crippen LogP contribution in [0.25, 0.3) is 0 Å². The van der Waals surface area contributed by atoms with E-state index < -0.39 is 0 Å². The predicted octanol–water partition coefficient (Wildman–Crippen LogP) is 2.76. The SMILES string of the molecule is CC(N)Cc1cccc(Cl)c1N(C)CCN1CCCC1. The highest BCUT2D eigenvalue weighted by atomic mass is 35.5. The molecule has 1 aliphatic rings. The molecule has 0 amide bonds. The molecule has 0 radical (unpaired) electrons. The van der Waals surface area contributed by atoms with Crippen LogP contribution in [0, 0.1) is 0 Å². The predicted molar refractivity (Wildman–Crippen MR) is 87.7 cm³/mol. The van der Waals surface area contributed by atoms with Crippen molar-refractivity contribution < 1.29 is 0 Å². The van der Waals surface area contributed by atoms with Crippen molar-refractivity contribution in [1.82, 2.24) is 4.90 Å². The van der Waals surface area contributed by atoms with Crippen LogP contribution in [0.1, 0.15) is 25.3 Å². The lowest BCUT2D eigenvalue weighted by Crippen LogP contribution is -2.32. The van der Waals surface area contributed by atoms with Gasteiger partial charge in [0.25, 0.3) is 0 Å². The van der Waals surface area contributed by atoms with Gasteiger partial charge in [0.15, 0.2) is 0 Å². The lowest BCUT2D eigenvalue weighted by Gasteiger charge is -2.26. The lowest BCUT2D eigenvalue weighted by molar-refractivity contribution is 0.346. The molecule has 0 spiro atoms. The summed E-state index contributed by atoms with van der Waals surface area (Å²) < 4.78 is 0. The van der Waals surface area contributed by atoms with Crippen molar-refractivity contribution in [3.05, 3.63) is 28.8 Å². The van der Waals surface area contributed by atoms with E-state index in [9.17, 15) is 0 Å². The number of nitrogens with two attached hydrogens (primary N) is 1. The van der Waals surface area contributed by atoms with Crippen molar-refractivity contribution in [1.29, 1.82) is 0 Å². The molecule has 20 heavy (non-hydrogen) atoms. The van der Waals surface area contributed by atoms with E-state index in [1.165, 1.54) is 31.5 Å². The summed E-state index contributed by atoms with van der Waals surface area (Å²) in [7, 11) is 2.13. The normalized spacial score (nSPS) is 17.4. The lowest BCUT2D eigenvalue weighted by atomic mass is 10.0. The van der Waals surface area contributed by atoms with Gasteiger partial charge in [-0.25, -0.2) is 0 Å². The van der Waals surface area contributed by atoms with Gasteiger partial charge in [-0.1, -0.05) is 23.7 Å². The molecule has 0 aliphatic carbocycles. The number of hydrogen-bond acceptors (Lipinski definition) is 3. The third-order valence-electron chi connectivity index (χ3n) is 3.94. The van der Waals surface area contributed by atoms with Gasteiger partial charge in [-0.2, -0.15) is 0 Å². The van der Waals surface area contributed by atoms with E-state index in [0.29, 0.717) is 0 Å². The third kappa shape index (κ3) is 4.11. The number of rotatable bonds is 6. The molecule has 2 N–H and O–H groups in total. The summed E-state index contributed by atoms with van der Waals surface area (Å²) in [4.78, 5) is 4.80. The summed E-state index contributed by atoms with van der Waals surface area (Å²) in [6.45, 7) is 6.63. The highest BCUT2D eigenvalue weighted by Crippen LogP contribution is 2.30. The van der Waals surface area contributed by atoms with Gasteiger partial charge in [0.05, 0.1) is 10.7 Å². The minimum Gasteiger partial charge on any atom is -0.372 e. The van der Waals surface area contributed by atoms with Gasteiger partial charge in [-0.05, 0) is 50.9 Å². The van der Waals surface area contributed by atoms with Crippen molar-refractivity contribution in [3.8, 4) is 0 Å². The first kappa shape index (κ1) is 15.6. The Balaban J connectivity index is 2.04. The standard InChI is InChI=1S/C16H26ClN3/c1-13(18)12-14-6-5-7-15(17)16(14)19(2)10-11-20-8-3-4-9-20/h5-7,13H,3-4,8-12,18H2,1-2H3. The molecule has 1 aliphatic heterocycles. The number of nitrogens with zero attached hydrogens (tertiary/aromatic N) is 2. The topological polar surface area (TPSA) is 32.5 Å². The fourth-order valence-corrected chi connectivity index (χ4v) is 3.25. The van der Waals surface area contributed by atoms with Crippen LogP contribution in [0.15, 0.2) is 18.2 Å². The molecule has 0 saturated carbocycles. The van der Waals surface area contributed by atoms with Crippen LogP contribution in [-0.2, 0) is 6.42 Å². The first-order valence-electron chi connectivity index (χ1n) is 7.54. The van der Waals surface area contributed by atoms with E-state index >= 15 is 0 Å². The van der Waals surface area contributed by atoms with Crippen LogP contribution in [-0.4, -0.2) is 44.2 Å². The maximum absolute atomic E-state index is 6.41. The quantitative estimate of drug-likeness (QED) is 0.876. The molecule has 4 heteroatoms. The van der Waals surface area contributed by atoms with Gasteiger partial charge in [0.2, 0.25) is 0 Å². The average Bonchev–Trinajstić information content (AvgIpc) is 2.88. The fourth-order valence-electron chi connectivity index (χ4n) is 2.91. The van der Waals surface area contributed by atoms with Gasteiger partial charge in [0.1, 0.15) is 0 Å². The summed E-state index contributed by atoms with van der Waals surface area (Å²) in [5.41, 5.74) is 8.34. The Labute approximate surface area is 127 Å². The minimum atomic E-state index is 0.152. The smallest absolute Gasteiger partial charge is 0.0642 e. The molecule has 1 aromatic carbocycles. The second-order valence-corrected chi connectivity index (χ2v) is 6.31. The zero-order valence-electron chi connectivity index (χ0n) is 12.6. The first-order chi connectivity index (χ1) is 9.58. The van der Waals surface area contributed by atoms with Crippen molar-refractivity contribution in [2.24, 2.45) is 5.73 Å². The summed E-state index contributed by atoms with van der Waals surface area (Å²) in [6, 6.07) is 6.27. The molecular weight excluding hydrogens is 270 g/mol. The van der Waals surface area contributed by atoms with Gasteiger partial charge < -0.3 is 15.5 Å². The highest BCUT2D eigenvalue weighted by molar-refractivity contribution is 6.33. The molecule has 1 fully saturated rings. The Morgan fingerprint density at radius 1 is 1.35 bits per heavy atom. The Morgan fingerprint density at radius 3 is 2.70 bits per heavy atom. The summed E-state index contributed by atoms with van der Waals surface area (Å²) in [6.07, 6.45) is 3.54. The Kier molecular flexibility index (Phi) is 5.70.